The van der Waals surface area contributed by atoms with E-state index in [9.17, 15) is 0 Å². The van der Waals surface area contributed by atoms with Gasteiger partial charge < -0.3 is 5.32 Å². The van der Waals surface area contributed by atoms with E-state index < -0.39 is 0 Å². The van der Waals surface area contributed by atoms with Crippen molar-refractivity contribution in [2.45, 2.75) is 46.1 Å². The summed E-state index contributed by atoms with van der Waals surface area (Å²) in [6, 6.07) is 2.87. The van der Waals surface area contributed by atoms with Gasteiger partial charge in [-0.05, 0) is 33.1 Å². The molecule has 1 saturated carbocycles. The summed E-state index contributed by atoms with van der Waals surface area (Å²) in [4.78, 5) is 0. The van der Waals surface area contributed by atoms with Crippen LogP contribution in [0, 0.1) is 22.7 Å². The number of rotatable bonds is 5. The van der Waals surface area contributed by atoms with Crippen molar-refractivity contribution in [2.75, 3.05) is 6.54 Å². The number of nitrogens with one attached hydrogen (secondary N) is 1. The highest BCUT2D eigenvalue weighted by atomic mass is 14.9. The van der Waals surface area contributed by atoms with E-state index in [1.54, 1.807) is 0 Å². The minimum atomic E-state index is -0.224. The molecule has 13 heavy (non-hydrogen) atoms. The van der Waals surface area contributed by atoms with E-state index in [0.717, 1.165) is 12.5 Å². The third-order valence-electron chi connectivity index (χ3n) is 2.58. The molecule has 0 spiro atoms. The van der Waals surface area contributed by atoms with Crippen molar-refractivity contribution >= 4 is 0 Å². The summed E-state index contributed by atoms with van der Waals surface area (Å²) in [7, 11) is 0. The quantitative estimate of drug-likeness (QED) is 0.704. The lowest BCUT2D eigenvalue weighted by Crippen LogP contribution is -2.34. The van der Waals surface area contributed by atoms with E-state index in [4.69, 9.17) is 5.26 Å². The normalized spacial score (nSPS) is 19.5. The highest BCUT2D eigenvalue weighted by Gasteiger charge is 2.24. The molecule has 0 aromatic rings. The summed E-state index contributed by atoms with van der Waals surface area (Å²) in [6.45, 7) is 6.97. The number of hydrogen-bond donors (Lipinski definition) is 1. The molecule has 2 nitrogen and oxygen atoms in total. The van der Waals surface area contributed by atoms with Gasteiger partial charge in [-0.15, -0.1) is 0 Å². The van der Waals surface area contributed by atoms with Crippen LogP contribution >= 0.6 is 0 Å². The molecule has 0 aliphatic heterocycles. The van der Waals surface area contributed by atoms with Gasteiger partial charge in [0.15, 0.2) is 0 Å². The Morgan fingerprint density at radius 3 is 2.62 bits per heavy atom. The van der Waals surface area contributed by atoms with Gasteiger partial charge in [-0.1, -0.05) is 12.8 Å². The van der Waals surface area contributed by atoms with Gasteiger partial charge in [-0.25, -0.2) is 0 Å². The van der Waals surface area contributed by atoms with Crippen LogP contribution in [-0.4, -0.2) is 12.6 Å². The number of nitriles is 1. The second kappa shape index (κ2) is 4.11. The second-order valence-electron chi connectivity index (χ2n) is 4.96. The first-order chi connectivity index (χ1) is 6.03. The van der Waals surface area contributed by atoms with Crippen molar-refractivity contribution < 1.29 is 0 Å². The minimum Gasteiger partial charge on any atom is -0.313 e. The van der Waals surface area contributed by atoms with Crippen molar-refractivity contribution in [3.05, 3.63) is 0 Å². The molecule has 74 valence electrons. The van der Waals surface area contributed by atoms with Crippen molar-refractivity contribution in [3.8, 4) is 6.07 Å². The SMILES string of the molecule is CC(CC1CC1)NCC(C)(C)C#N. The summed E-state index contributed by atoms with van der Waals surface area (Å²) < 4.78 is 0. The topological polar surface area (TPSA) is 35.8 Å². The Balaban J connectivity index is 2.13. The summed E-state index contributed by atoms with van der Waals surface area (Å²) in [5.74, 6) is 0.965. The van der Waals surface area contributed by atoms with E-state index in [1.807, 2.05) is 13.8 Å². The predicted molar refractivity (Wildman–Crippen MR) is 54.2 cm³/mol. The zero-order valence-corrected chi connectivity index (χ0v) is 8.93. The molecule has 0 amide bonds. The largest absolute Gasteiger partial charge is 0.313 e. The molecule has 1 aliphatic rings. The first-order valence-electron chi connectivity index (χ1n) is 5.18. The van der Waals surface area contributed by atoms with E-state index in [0.29, 0.717) is 6.04 Å². The van der Waals surface area contributed by atoms with Gasteiger partial charge in [0, 0.05) is 12.6 Å². The Bertz CT molecular complexity index is 199. The molecule has 0 heterocycles. The fourth-order valence-corrected chi connectivity index (χ4v) is 1.41. The summed E-state index contributed by atoms with van der Waals surface area (Å²) in [5, 5.41) is 12.2. The first kappa shape index (κ1) is 10.5. The molecule has 1 N–H and O–H groups in total. The highest BCUT2D eigenvalue weighted by Crippen LogP contribution is 2.33. The molecule has 0 saturated heterocycles. The van der Waals surface area contributed by atoms with Gasteiger partial charge in [0.1, 0.15) is 0 Å². The number of hydrogen-bond acceptors (Lipinski definition) is 2. The van der Waals surface area contributed by atoms with Gasteiger partial charge in [0.05, 0.1) is 11.5 Å². The maximum absolute atomic E-state index is 8.81. The van der Waals surface area contributed by atoms with Crippen LogP contribution in [0.1, 0.15) is 40.0 Å². The smallest absolute Gasteiger partial charge is 0.0697 e. The molecule has 0 aromatic heterocycles. The zero-order chi connectivity index (χ0) is 9.90. The molecule has 1 unspecified atom stereocenters. The summed E-state index contributed by atoms with van der Waals surface area (Å²) >= 11 is 0. The summed E-state index contributed by atoms with van der Waals surface area (Å²) in [5.41, 5.74) is -0.224. The molecular weight excluding hydrogens is 160 g/mol. The van der Waals surface area contributed by atoms with Crippen LogP contribution in [0.3, 0.4) is 0 Å². The van der Waals surface area contributed by atoms with Crippen LogP contribution in [0.4, 0.5) is 0 Å². The molecule has 0 bridgehead atoms. The maximum atomic E-state index is 8.81. The van der Waals surface area contributed by atoms with Crippen LogP contribution in [0.2, 0.25) is 0 Å². The molecule has 1 rings (SSSR count). The molecule has 1 atom stereocenters. The lowest BCUT2D eigenvalue weighted by molar-refractivity contribution is 0.392. The lowest BCUT2D eigenvalue weighted by Gasteiger charge is -2.20. The van der Waals surface area contributed by atoms with Crippen molar-refractivity contribution in [3.63, 3.8) is 0 Å². The van der Waals surface area contributed by atoms with Crippen molar-refractivity contribution in [1.29, 1.82) is 5.26 Å². The molecule has 0 radical (unpaired) electrons. The van der Waals surface area contributed by atoms with E-state index in [2.05, 4.69) is 18.3 Å². The Morgan fingerprint density at radius 2 is 2.15 bits per heavy atom. The van der Waals surface area contributed by atoms with Gasteiger partial charge in [0.25, 0.3) is 0 Å². The van der Waals surface area contributed by atoms with Gasteiger partial charge in [0.2, 0.25) is 0 Å². The van der Waals surface area contributed by atoms with Crippen LogP contribution in [0.25, 0.3) is 0 Å². The fraction of sp³-hybridized carbons (Fsp3) is 0.909. The standard InChI is InChI=1S/C11H20N2/c1-9(6-10-4-5-10)13-8-11(2,3)7-12/h9-10,13H,4-6,8H2,1-3H3. The lowest BCUT2D eigenvalue weighted by atomic mass is 9.95. The second-order valence-corrected chi connectivity index (χ2v) is 4.96. The molecule has 1 fully saturated rings. The average molecular weight is 180 g/mol. The van der Waals surface area contributed by atoms with Gasteiger partial charge in [-0.2, -0.15) is 5.26 Å². The molecular formula is C11H20N2. The third-order valence-corrected chi connectivity index (χ3v) is 2.58. The Kier molecular flexibility index (Phi) is 3.33. The average Bonchev–Trinajstić information content (AvgIpc) is 2.85. The molecule has 1 aliphatic carbocycles. The first-order valence-corrected chi connectivity index (χ1v) is 5.18. The Labute approximate surface area is 81.3 Å². The fourth-order valence-electron chi connectivity index (χ4n) is 1.41. The minimum absolute atomic E-state index is 0.224. The molecule has 0 aromatic carbocycles. The van der Waals surface area contributed by atoms with E-state index >= 15 is 0 Å². The van der Waals surface area contributed by atoms with Crippen molar-refractivity contribution in [2.24, 2.45) is 11.3 Å². The van der Waals surface area contributed by atoms with Crippen LogP contribution in [-0.2, 0) is 0 Å². The van der Waals surface area contributed by atoms with Gasteiger partial charge >= 0.3 is 0 Å². The van der Waals surface area contributed by atoms with Crippen LogP contribution in [0.5, 0.6) is 0 Å². The van der Waals surface area contributed by atoms with Crippen LogP contribution in [0.15, 0.2) is 0 Å². The highest BCUT2D eigenvalue weighted by molar-refractivity contribution is 4.94. The van der Waals surface area contributed by atoms with E-state index in [1.165, 1.54) is 19.3 Å². The van der Waals surface area contributed by atoms with Crippen LogP contribution < -0.4 is 5.32 Å². The third kappa shape index (κ3) is 4.28. The Hall–Kier alpha value is -0.550. The van der Waals surface area contributed by atoms with E-state index in [-0.39, 0.29) is 5.41 Å². The zero-order valence-electron chi connectivity index (χ0n) is 8.93. The van der Waals surface area contributed by atoms with Crippen molar-refractivity contribution in [1.82, 2.24) is 5.32 Å². The Morgan fingerprint density at radius 1 is 1.54 bits per heavy atom. The monoisotopic (exact) mass is 180 g/mol. The number of nitrogens with zero attached hydrogens (tertiary/aromatic N) is 1. The predicted octanol–water partition coefficient (Wildman–Crippen LogP) is 2.31. The molecule has 2 heteroatoms. The van der Waals surface area contributed by atoms with Gasteiger partial charge in [-0.3, -0.25) is 0 Å². The summed E-state index contributed by atoms with van der Waals surface area (Å²) in [6.07, 6.45) is 4.10. The maximum Gasteiger partial charge on any atom is 0.0697 e.